The molecule has 6 nitrogen and oxygen atoms in total. The summed E-state index contributed by atoms with van der Waals surface area (Å²) in [6.07, 6.45) is 3.81. The number of rotatable bonds is 6. The molecule has 2 amide bonds. The average molecular weight is 378 g/mol. The number of carbonyl (C=O) groups excluding carboxylic acids is 1. The van der Waals surface area contributed by atoms with E-state index in [-0.39, 0.29) is 12.1 Å². The highest BCUT2D eigenvalue weighted by molar-refractivity contribution is 5.75. The fraction of sp³-hybridized carbons (Fsp3) is 0.364. The van der Waals surface area contributed by atoms with Crippen LogP contribution in [-0.2, 0) is 17.7 Å². The van der Waals surface area contributed by atoms with Crippen molar-refractivity contribution in [3.8, 4) is 0 Å². The van der Waals surface area contributed by atoms with Gasteiger partial charge < -0.3 is 19.5 Å². The fourth-order valence-electron chi connectivity index (χ4n) is 3.63. The van der Waals surface area contributed by atoms with Gasteiger partial charge in [-0.05, 0) is 30.5 Å². The Bertz CT molecular complexity index is 909. The first-order valence-electron chi connectivity index (χ1n) is 9.88. The van der Waals surface area contributed by atoms with Crippen LogP contribution in [0.1, 0.15) is 12.0 Å². The second-order valence-electron chi connectivity index (χ2n) is 7.12. The molecule has 0 radical (unpaired) electrons. The quantitative estimate of drug-likeness (QED) is 0.717. The highest BCUT2D eigenvalue weighted by Gasteiger charge is 2.23. The molecule has 1 aliphatic rings. The molecule has 0 bridgehead atoms. The Morgan fingerprint density at radius 2 is 1.96 bits per heavy atom. The number of urea groups is 1. The molecule has 0 spiro atoms. The maximum atomic E-state index is 12.5. The summed E-state index contributed by atoms with van der Waals surface area (Å²) < 4.78 is 7.92. The van der Waals surface area contributed by atoms with Gasteiger partial charge in [0.25, 0.3) is 0 Å². The number of para-hydroxylation sites is 2. The van der Waals surface area contributed by atoms with Crippen molar-refractivity contribution in [2.45, 2.75) is 25.5 Å². The molecule has 1 atom stereocenters. The molecule has 6 heteroatoms. The third kappa shape index (κ3) is 4.51. The monoisotopic (exact) mass is 378 g/mol. The van der Waals surface area contributed by atoms with Crippen molar-refractivity contribution in [1.29, 1.82) is 0 Å². The van der Waals surface area contributed by atoms with Crippen molar-refractivity contribution in [2.75, 3.05) is 26.2 Å². The highest BCUT2D eigenvalue weighted by atomic mass is 16.5. The Kier molecular flexibility index (Phi) is 5.87. The molecule has 2 aromatic carbocycles. The van der Waals surface area contributed by atoms with Gasteiger partial charge in [0.1, 0.15) is 0 Å². The van der Waals surface area contributed by atoms with Crippen molar-refractivity contribution in [3.05, 3.63) is 66.5 Å². The number of benzene rings is 2. The number of morpholine rings is 1. The molecule has 28 heavy (non-hydrogen) atoms. The third-order valence-corrected chi connectivity index (χ3v) is 5.18. The number of amides is 2. The molecule has 2 heterocycles. The lowest BCUT2D eigenvalue weighted by Crippen LogP contribution is -2.50. The van der Waals surface area contributed by atoms with Gasteiger partial charge in [0.15, 0.2) is 0 Å². The van der Waals surface area contributed by atoms with Gasteiger partial charge in [0.2, 0.25) is 0 Å². The maximum Gasteiger partial charge on any atom is 0.317 e. The molecular formula is C22H26N4O2. The van der Waals surface area contributed by atoms with E-state index < -0.39 is 0 Å². The van der Waals surface area contributed by atoms with Gasteiger partial charge in [-0.3, -0.25) is 0 Å². The molecule has 1 fully saturated rings. The smallest absolute Gasteiger partial charge is 0.317 e. The average Bonchev–Trinajstić information content (AvgIpc) is 3.16. The number of aryl methyl sites for hydroxylation is 1. The fourth-order valence-corrected chi connectivity index (χ4v) is 3.63. The SMILES string of the molecule is O=C(NCCn1cnc2ccccc21)N1CCOC(CCc2ccccc2)C1. The van der Waals surface area contributed by atoms with Gasteiger partial charge in [-0.1, -0.05) is 42.5 Å². The number of nitrogens with zero attached hydrogens (tertiary/aromatic N) is 3. The Balaban J connectivity index is 1.24. The molecule has 0 aliphatic carbocycles. The van der Waals surface area contributed by atoms with Crippen molar-refractivity contribution >= 4 is 17.1 Å². The van der Waals surface area contributed by atoms with E-state index in [2.05, 4.69) is 39.1 Å². The lowest BCUT2D eigenvalue weighted by atomic mass is 10.1. The summed E-state index contributed by atoms with van der Waals surface area (Å²) in [6.45, 7) is 3.16. The standard InChI is InChI=1S/C22H26N4O2/c27-22(23-12-13-26-17-24-20-8-4-5-9-21(20)26)25-14-15-28-19(16-25)11-10-18-6-2-1-3-7-18/h1-9,17,19H,10-16H2,(H,23,27). The summed E-state index contributed by atoms with van der Waals surface area (Å²) in [7, 11) is 0. The zero-order valence-electron chi connectivity index (χ0n) is 16.0. The van der Waals surface area contributed by atoms with Crippen molar-refractivity contribution in [3.63, 3.8) is 0 Å². The largest absolute Gasteiger partial charge is 0.375 e. The van der Waals surface area contributed by atoms with Crippen LogP contribution in [0.2, 0.25) is 0 Å². The lowest BCUT2D eigenvalue weighted by Gasteiger charge is -2.33. The first-order valence-corrected chi connectivity index (χ1v) is 9.88. The number of carbonyl (C=O) groups is 1. The molecular weight excluding hydrogens is 352 g/mol. The number of hydrogen-bond donors (Lipinski definition) is 1. The predicted octanol–water partition coefficient (Wildman–Crippen LogP) is 3.08. The summed E-state index contributed by atoms with van der Waals surface area (Å²) >= 11 is 0. The van der Waals surface area contributed by atoms with E-state index in [1.807, 2.05) is 41.6 Å². The summed E-state index contributed by atoms with van der Waals surface area (Å²) in [4.78, 5) is 18.8. The predicted molar refractivity (Wildman–Crippen MR) is 109 cm³/mol. The van der Waals surface area contributed by atoms with Gasteiger partial charge in [0, 0.05) is 26.2 Å². The van der Waals surface area contributed by atoms with Crippen LogP contribution >= 0.6 is 0 Å². The van der Waals surface area contributed by atoms with Crippen LogP contribution in [0.5, 0.6) is 0 Å². The van der Waals surface area contributed by atoms with E-state index in [9.17, 15) is 4.79 Å². The summed E-state index contributed by atoms with van der Waals surface area (Å²) in [5.74, 6) is 0. The van der Waals surface area contributed by atoms with Gasteiger partial charge >= 0.3 is 6.03 Å². The van der Waals surface area contributed by atoms with E-state index in [0.29, 0.717) is 32.8 Å². The molecule has 1 aromatic heterocycles. The minimum Gasteiger partial charge on any atom is -0.375 e. The lowest BCUT2D eigenvalue weighted by molar-refractivity contribution is -0.0176. The molecule has 3 aromatic rings. The van der Waals surface area contributed by atoms with Gasteiger partial charge in [-0.2, -0.15) is 0 Å². The van der Waals surface area contributed by atoms with E-state index >= 15 is 0 Å². The summed E-state index contributed by atoms with van der Waals surface area (Å²) in [5, 5.41) is 3.03. The maximum absolute atomic E-state index is 12.5. The minimum absolute atomic E-state index is 0.0163. The normalized spacial score (nSPS) is 17.0. The van der Waals surface area contributed by atoms with Crippen LogP contribution in [-0.4, -0.2) is 52.8 Å². The third-order valence-electron chi connectivity index (χ3n) is 5.18. The minimum atomic E-state index is -0.0163. The summed E-state index contributed by atoms with van der Waals surface area (Å²) in [5.41, 5.74) is 3.37. The molecule has 146 valence electrons. The second-order valence-corrected chi connectivity index (χ2v) is 7.12. The van der Waals surface area contributed by atoms with Crippen LogP contribution in [0, 0.1) is 0 Å². The number of aromatic nitrogens is 2. The zero-order chi connectivity index (χ0) is 19.2. The molecule has 1 unspecified atom stereocenters. The number of fused-ring (bicyclic) bond motifs is 1. The molecule has 1 aliphatic heterocycles. The Hall–Kier alpha value is -2.86. The van der Waals surface area contributed by atoms with Crippen LogP contribution in [0.3, 0.4) is 0 Å². The topological polar surface area (TPSA) is 59.4 Å². The molecule has 4 rings (SSSR count). The van der Waals surface area contributed by atoms with E-state index in [1.165, 1.54) is 5.56 Å². The Labute approximate surface area is 165 Å². The molecule has 1 saturated heterocycles. The van der Waals surface area contributed by atoms with Crippen LogP contribution in [0.4, 0.5) is 4.79 Å². The van der Waals surface area contributed by atoms with E-state index in [0.717, 1.165) is 23.9 Å². The second kappa shape index (κ2) is 8.89. The van der Waals surface area contributed by atoms with Crippen LogP contribution < -0.4 is 5.32 Å². The number of nitrogens with one attached hydrogen (secondary N) is 1. The van der Waals surface area contributed by atoms with Crippen LogP contribution in [0.15, 0.2) is 60.9 Å². The van der Waals surface area contributed by atoms with Crippen LogP contribution in [0.25, 0.3) is 11.0 Å². The number of imidazole rings is 1. The summed E-state index contributed by atoms with van der Waals surface area (Å²) in [6, 6.07) is 18.4. The zero-order valence-corrected chi connectivity index (χ0v) is 16.0. The van der Waals surface area contributed by atoms with Crippen molar-refractivity contribution in [1.82, 2.24) is 19.8 Å². The highest BCUT2D eigenvalue weighted by Crippen LogP contribution is 2.13. The van der Waals surface area contributed by atoms with Gasteiger partial charge in [0.05, 0.1) is 30.1 Å². The van der Waals surface area contributed by atoms with Gasteiger partial charge in [-0.15, -0.1) is 0 Å². The molecule has 0 saturated carbocycles. The van der Waals surface area contributed by atoms with Gasteiger partial charge in [-0.25, -0.2) is 9.78 Å². The number of ether oxygens (including phenoxy) is 1. The Morgan fingerprint density at radius 3 is 2.86 bits per heavy atom. The molecule has 1 N–H and O–H groups in total. The number of hydrogen-bond acceptors (Lipinski definition) is 3. The Morgan fingerprint density at radius 1 is 1.14 bits per heavy atom. The first-order chi connectivity index (χ1) is 13.8. The van der Waals surface area contributed by atoms with E-state index in [4.69, 9.17) is 4.74 Å². The van der Waals surface area contributed by atoms with E-state index in [1.54, 1.807) is 0 Å². The van der Waals surface area contributed by atoms with Crippen molar-refractivity contribution in [2.24, 2.45) is 0 Å². The van der Waals surface area contributed by atoms with Crippen molar-refractivity contribution < 1.29 is 9.53 Å². The first kappa shape index (κ1) is 18.5.